The monoisotopic (exact) mass is 347 g/mol. The third-order valence-corrected chi connectivity index (χ3v) is 3.99. The molecule has 25 heavy (non-hydrogen) atoms. The highest BCUT2D eigenvalue weighted by atomic mass is 16.6. The molecule has 2 aliphatic heterocycles. The molecule has 134 valence electrons. The Balaban J connectivity index is 1.48. The van der Waals surface area contributed by atoms with Gasteiger partial charge in [0.2, 0.25) is 6.10 Å². The number of nitrogens with one attached hydrogen (secondary N) is 1. The second kappa shape index (κ2) is 7.87. The quantitative estimate of drug-likeness (QED) is 0.838. The summed E-state index contributed by atoms with van der Waals surface area (Å²) >= 11 is 0. The molecule has 8 heteroatoms. The number of fused-ring (bicyclic) bond motifs is 1. The van der Waals surface area contributed by atoms with Crippen LogP contribution in [0, 0.1) is 0 Å². The van der Waals surface area contributed by atoms with Crippen molar-refractivity contribution in [3.8, 4) is 11.5 Å². The van der Waals surface area contributed by atoms with Gasteiger partial charge in [-0.2, -0.15) is 5.10 Å². The summed E-state index contributed by atoms with van der Waals surface area (Å²) in [7, 11) is 0. The molecule has 0 saturated carbocycles. The highest BCUT2D eigenvalue weighted by Crippen LogP contribution is 2.30. The molecule has 0 spiro atoms. The summed E-state index contributed by atoms with van der Waals surface area (Å²) in [5.41, 5.74) is 3.37. The molecule has 0 aromatic heterocycles. The lowest BCUT2D eigenvalue weighted by atomic mass is 10.1. The Morgan fingerprint density at radius 1 is 1.28 bits per heavy atom. The van der Waals surface area contributed by atoms with Gasteiger partial charge in [0.1, 0.15) is 6.61 Å². The number of carbonyl (C=O) groups excluding carboxylic acids is 2. The number of benzene rings is 1. The summed E-state index contributed by atoms with van der Waals surface area (Å²) in [6, 6.07) is 7.21. The first kappa shape index (κ1) is 17.1. The third-order valence-electron chi connectivity index (χ3n) is 3.99. The predicted molar refractivity (Wildman–Crippen MR) is 89.8 cm³/mol. The first-order chi connectivity index (χ1) is 12.2. The van der Waals surface area contributed by atoms with Gasteiger partial charge in [-0.3, -0.25) is 4.79 Å². The van der Waals surface area contributed by atoms with E-state index in [9.17, 15) is 9.59 Å². The average Bonchev–Trinajstić information content (AvgIpc) is 2.66. The van der Waals surface area contributed by atoms with Crippen molar-refractivity contribution in [2.24, 2.45) is 5.10 Å². The number of para-hydroxylation sites is 2. The molecule has 0 aliphatic carbocycles. The van der Waals surface area contributed by atoms with E-state index in [1.54, 1.807) is 24.0 Å². The zero-order valence-electron chi connectivity index (χ0n) is 14.1. The van der Waals surface area contributed by atoms with Crippen LogP contribution in [0.3, 0.4) is 0 Å². The van der Waals surface area contributed by atoms with E-state index in [1.165, 1.54) is 0 Å². The van der Waals surface area contributed by atoms with Crippen molar-refractivity contribution in [3.63, 3.8) is 0 Å². The molecule has 1 aromatic rings. The van der Waals surface area contributed by atoms with Crippen LogP contribution < -0.4 is 14.9 Å². The summed E-state index contributed by atoms with van der Waals surface area (Å²) in [6.45, 7) is 3.34. The number of piperidine rings is 1. The number of likely N-dealkylation sites (tertiary alicyclic amines) is 1. The SMILES string of the molecule is CCOC(=O)N1CCC(=NNC(=O)[C@@H]2COc3ccccc3O2)CC1. The van der Waals surface area contributed by atoms with Crippen LogP contribution in [0.4, 0.5) is 4.79 Å². The molecule has 1 saturated heterocycles. The number of carbonyl (C=O) groups is 2. The average molecular weight is 347 g/mol. The zero-order valence-corrected chi connectivity index (χ0v) is 14.1. The van der Waals surface area contributed by atoms with Crippen molar-refractivity contribution in [3.05, 3.63) is 24.3 Å². The Bertz CT molecular complexity index is 666. The van der Waals surface area contributed by atoms with Gasteiger partial charge in [-0.05, 0) is 19.1 Å². The largest absolute Gasteiger partial charge is 0.485 e. The number of ether oxygens (including phenoxy) is 3. The maximum Gasteiger partial charge on any atom is 0.409 e. The molecule has 1 aromatic carbocycles. The first-order valence-corrected chi connectivity index (χ1v) is 8.33. The minimum atomic E-state index is -0.737. The smallest absolute Gasteiger partial charge is 0.409 e. The Labute approximate surface area is 145 Å². The van der Waals surface area contributed by atoms with Gasteiger partial charge in [0.25, 0.3) is 5.91 Å². The number of amides is 2. The molecular formula is C17H21N3O5. The van der Waals surface area contributed by atoms with Crippen LogP contribution in [0.15, 0.2) is 29.4 Å². The maximum atomic E-state index is 12.2. The Morgan fingerprint density at radius 2 is 2.00 bits per heavy atom. The van der Waals surface area contributed by atoms with E-state index in [-0.39, 0.29) is 18.6 Å². The third kappa shape index (κ3) is 4.20. The van der Waals surface area contributed by atoms with Crippen LogP contribution >= 0.6 is 0 Å². The van der Waals surface area contributed by atoms with Crippen molar-refractivity contribution in [2.45, 2.75) is 25.9 Å². The van der Waals surface area contributed by atoms with E-state index in [0.29, 0.717) is 44.0 Å². The van der Waals surface area contributed by atoms with E-state index >= 15 is 0 Å². The molecule has 0 unspecified atom stereocenters. The fraction of sp³-hybridized carbons (Fsp3) is 0.471. The van der Waals surface area contributed by atoms with Crippen molar-refractivity contribution in [1.82, 2.24) is 10.3 Å². The molecule has 2 amide bonds. The lowest BCUT2D eigenvalue weighted by molar-refractivity contribution is -0.130. The second-order valence-corrected chi connectivity index (χ2v) is 5.70. The van der Waals surface area contributed by atoms with Gasteiger partial charge >= 0.3 is 6.09 Å². The topological polar surface area (TPSA) is 89.5 Å². The summed E-state index contributed by atoms with van der Waals surface area (Å²) < 4.78 is 16.1. The number of rotatable bonds is 3. The minimum absolute atomic E-state index is 0.143. The normalized spacial score (nSPS) is 19.2. The van der Waals surface area contributed by atoms with Gasteiger partial charge in [-0.1, -0.05) is 12.1 Å². The highest BCUT2D eigenvalue weighted by Gasteiger charge is 2.27. The fourth-order valence-electron chi connectivity index (χ4n) is 2.63. The van der Waals surface area contributed by atoms with Gasteiger partial charge in [0.05, 0.1) is 6.61 Å². The standard InChI is InChI=1S/C17H21N3O5/c1-2-23-17(22)20-9-7-12(8-10-20)18-19-16(21)15-11-24-13-5-3-4-6-14(13)25-15/h3-6,15H,2,7-11H2,1H3,(H,19,21)/t15-/m0/s1. The molecule has 2 aliphatic rings. The van der Waals surface area contributed by atoms with Crippen LogP contribution in [0.2, 0.25) is 0 Å². The van der Waals surface area contributed by atoms with Gasteiger partial charge in [0, 0.05) is 31.6 Å². The van der Waals surface area contributed by atoms with E-state index in [1.807, 2.05) is 12.1 Å². The number of nitrogens with zero attached hydrogens (tertiary/aromatic N) is 2. The summed E-state index contributed by atoms with van der Waals surface area (Å²) in [6.07, 6.45) is 0.157. The van der Waals surface area contributed by atoms with Gasteiger partial charge in [0.15, 0.2) is 11.5 Å². The summed E-state index contributed by atoms with van der Waals surface area (Å²) in [5, 5.41) is 4.16. The Hall–Kier alpha value is -2.77. The Kier molecular flexibility index (Phi) is 5.37. The van der Waals surface area contributed by atoms with E-state index in [0.717, 1.165) is 5.71 Å². The molecule has 3 rings (SSSR count). The van der Waals surface area contributed by atoms with Gasteiger partial charge in [-0.15, -0.1) is 0 Å². The van der Waals surface area contributed by atoms with E-state index in [2.05, 4.69) is 10.5 Å². The molecular weight excluding hydrogens is 326 g/mol. The van der Waals surface area contributed by atoms with Crippen LogP contribution in [-0.2, 0) is 9.53 Å². The van der Waals surface area contributed by atoms with Crippen LogP contribution in [0.5, 0.6) is 11.5 Å². The second-order valence-electron chi connectivity index (χ2n) is 5.70. The lowest BCUT2D eigenvalue weighted by Gasteiger charge is -2.27. The number of hydrogen-bond donors (Lipinski definition) is 1. The zero-order chi connectivity index (χ0) is 17.6. The van der Waals surface area contributed by atoms with Crippen molar-refractivity contribution >= 4 is 17.7 Å². The molecule has 2 heterocycles. The number of hydrazone groups is 1. The number of hydrogen-bond acceptors (Lipinski definition) is 6. The van der Waals surface area contributed by atoms with Crippen LogP contribution in [-0.4, -0.2) is 55.0 Å². The molecule has 0 radical (unpaired) electrons. The van der Waals surface area contributed by atoms with E-state index < -0.39 is 6.10 Å². The highest BCUT2D eigenvalue weighted by molar-refractivity contribution is 5.89. The van der Waals surface area contributed by atoms with Crippen molar-refractivity contribution < 1.29 is 23.8 Å². The lowest BCUT2D eigenvalue weighted by Crippen LogP contribution is -2.43. The maximum absolute atomic E-state index is 12.2. The van der Waals surface area contributed by atoms with Crippen LogP contribution in [0.1, 0.15) is 19.8 Å². The fourth-order valence-corrected chi connectivity index (χ4v) is 2.63. The minimum Gasteiger partial charge on any atom is -0.485 e. The molecule has 1 N–H and O–H groups in total. The predicted octanol–water partition coefficient (Wildman–Crippen LogP) is 1.55. The first-order valence-electron chi connectivity index (χ1n) is 8.33. The van der Waals surface area contributed by atoms with Gasteiger partial charge < -0.3 is 19.1 Å². The van der Waals surface area contributed by atoms with Crippen LogP contribution in [0.25, 0.3) is 0 Å². The molecule has 1 fully saturated rings. The Morgan fingerprint density at radius 3 is 2.72 bits per heavy atom. The van der Waals surface area contributed by atoms with E-state index in [4.69, 9.17) is 14.2 Å². The summed E-state index contributed by atoms with van der Waals surface area (Å²) in [4.78, 5) is 25.5. The summed E-state index contributed by atoms with van der Waals surface area (Å²) in [5.74, 6) is 0.823. The van der Waals surface area contributed by atoms with Crippen molar-refractivity contribution in [1.29, 1.82) is 0 Å². The molecule has 8 nitrogen and oxygen atoms in total. The van der Waals surface area contributed by atoms with Gasteiger partial charge in [-0.25, -0.2) is 10.2 Å². The molecule has 0 bridgehead atoms. The van der Waals surface area contributed by atoms with Crippen molar-refractivity contribution in [2.75, 3.05) is 26.3 Å². The molecule has 1 atom stereocenters.